The van der Waals surface area contributed by atoms with E-state index in [9.17, 15) is 18.0 Å². The maximum atomic E-state index is 12.6. The first kappa shape index (κ1) is 16.3. The highest BCUT2D eigenvalue weighted by molar-refractivity contribution is 6.30. The van der Waals surface area contributed by atoms with Crippen molar-refractivity contribution in [3.8, 4) is 0 Å². The van der Waals surface area contributed by atoms with E-state index >= 15 is 0 Å². The molecule has 0 fully saturated rings. The summed E-state index contributed by atoms with van der Waals surface area (Å²) in [4.78, 5) is 19.1. The number of pyridine rings is 1. The van der Waals surface area contributed by atoms with Gasteiger partial charge in [0, 0.05) is 25.0 Å². The quantitative estimate of drug-likeness (QED) is 0.878. The van der Waals surface area contributed by atoms with Crippen LogP contribution in [0.25, 0.3) is 0 Å². The third-order valence-corrected chi connectivity index (χ3v) is 3.31. The van der Waals surface area contributed by atoms with Crippen LogP contribution in [0.5, 0.6) is 0 Å². The van der Waals surface area contributed by atoms with Gasteiger partial charge in [-0.25, -0.2) is 9.97 Å². The van der Waals surface area contributed by atoms with E-state index in [-0.39, 0.29) is 16.5 Å². The molecule has 0 aliphatic carbocycles. The summed E-state index contributed by atoms with van der Waals surface area (Å²) in [6.07, 6.45) is -1.64. The second-order valence-corrected chi connectivity index (χ2v) is 4.99. The second kappa shape index (κ2) is 5.96. The highest BCUT2D eigenvalue weighted by atomic mass is 35.5. The van der Waals surface area contributed by atoms with Gasteiger partial charge in [-0.1, -0.05) is 17.7 Å². The summed E-state index contributed by atoms with van der Waals surface area (Å²) in [7, 11) is 1.56. The first-order valence-corrected chi connectivity index (χ1v) is 6.59. The van der Waals surface area contributed by atoms with E-state index in [1.165, 1.54) is 23.0 Å². The fraction of sp³-hybridized carbons (Fsp3) is 0.308. The Hall–Kier alpha value is -2.09. The lowest BCUT2D eigenvalue weighted by molar-refractivity contribution is -0.141. The molecule has 0 aliphatic heterocycles. The maximum absolute atomic E-state index is 12.6. The van der Waals surface area contributed by atoms with Crippen LogP contribution in [0.4, 0.5) is 19.0 Å². The van der Waals surface area contributed by atoms with Crippen molar-refractivity contribution in [2.24, 2.45) is 7.05 Å². The molecular weight excluding hydrogens is 321 g/mol. The Kier molecular flexibility index (Phi) is 4.41. The van der Waals surface area contributed by atoms with Crippen LogP contribution in [0, 0.1) is 0 Å². The second-order valence-electron chi connectivity index (χ2n) is 4.63. The SMILES string of the molecule is CC(Nc1nccn(C)c1=O)c1ccc(C(F)(F)F)nc1Cl. The van der Waals surface area contributed by atoms with Crippen LogP contribution in [0.15, 0.2) is 29.3 Å². The van der Waals surface area contributed by atoms with Crippen molar-refractivity contribution in [1.29, 1.82) is 0 Å². The number of nitrogens with zero attached hydrogens (tertiary/aromatic N) is 3. The summed E-state index contributed by atoms with van der Waals surface area (Å²) >= 11 is 5.81. The predicted molar refractivity (Wildman–Crippen MR) is 75.8 cm³/mol. The van der Waals surface area contributed by atoms with Crippen molar-refractivity contribution in [3.05, 3.63) is 51.3 Å². The van der Waals surface area contributed by atoms with E-state index in [4.69, 9.17) is 11.6 Å². The lowest BCUT2D eigenvalue weighted by Gasteiger charge is -2.16. The van der Waals surface area contributed by atoms with Crippen LogP contribution in [-0.4, -0.2) is 14.5 Å². The minimum Gasteiger partial charge on any atom is -0.359 e. The van der Waals surface area contributed by atoms with Crippen LogP contribution >= 0.6 is 11.6 Å². The molecule has 2 heterocycles. The first-order chi connectivity index (χ1) is 10.2. The van der Waals surface area contributed by atoms with E-state index in [1.54, 1.807) is 14.0 Å². The lowest BCUT2D eigenvalue weighted by Crippen LogP contribution is -2.23. The average Bonchev–Trinajstić information content (AvgIpc) is 2.42. The fourth-order valence-electron chi connectivity index (χ4n) is 1.81. The summed E-state index contributed by atoms with van der Waals surface area (Å²) in [5.41, 5.74) is -1.09. The zero-order valence-electron chi connectivity index (χ0n) is 11.6. The zero-order chi connectivity index (χ0) is 16.5. The summed E-state index contributed by atoms with van der Waals surface area (Å²) in [5, 5.41) is 2.54. The number of nitrogens with one attached hydrogen (secondary N) is 1. The number of halogens is 4. The molecule has 118 valence electrons. The molecule has 2 aromatic rings. The Balaban J connectivity index is 2.28. The van der Waals surface area contributed by atoms with Gasteiger partial charge in [0.1, 0.15) is 10.8 Å². The summed E-state index contributed by atoms with van der Waals surface area (Å²) in [6.45, 7) is 1.64. The number of aromatic nitrogens is 3. The van der Waals surface area contributed by atoms with E-state index in [0.29, 0.717) is 5.56 Å². The molecule has 1 N–H and O–H groups in total. The van der Waals surface area contributed by atoms with Crippen LogP contribution in [-0.2, 0) is 13.2 Å². The Labute approximate surface area is 128 Å². The number of aryl methyl sites for hydroxylation is 1. The number of hydrogen-bond acceptors (Lipinski definition) is 4. The standard InChI is InChI=1S/C13H12ClF3N4O/c1-7(19-11-12(22)21(2)6-5-18-11)8-3-4-9(13(15,16)17)20-10(8)14/h3-7H,1-2H3,(H,18,19). The van der Waals surface area contributed by atoms with Gasteiger partial charge in [0.15, 0.2) is 5.82 Å². The van der Waals surface area contributed by atoms with Gasteiger partial charge in [-0.2, -0.15) is 13.2 Å². The largest absolute Gasteiger partial charge is 0.433 e. The average molecular weight is 333 g/mol. The zero-order valence-corrected chi connectivity index (χ0v) is 12.4. The lowest BCUT2D eigenvalue weighted by atomic mass is 10.1. The van der Waals surface area contributed by atoms with E-state index in [2.05, 4.69) is 15.3 Å². The smallest absolute Gasteiger partial charge is 0.359 e. The van der Waals surface area contributed by atoms with Gasteiger partial charge in [-0.3, -0.25) is 4.79 Å². The Bertz CT molecular complexity index is 745. The fourth-order valence-corrected chi connectivity index (χ4v) is 2.12. The highest BCUT2D eigenvalue weighted by Gasteiger charge is 2.33. The van der Waals surface area contributed by atoms with Crippen molar-refractivity contribution < 1.29 is 13.2 Å². The molecule has 0 radical (unpaired) electrons. The Morgan fingerprint density at radius 3 is 2.64 bits per heavy atom. The number of alkyl halides is 3. The molecule has 0 amide bonds. The van der Waals surface area contributed by atoms with Crippen molar-refractivity contribution in [2.75, 3.05) is 5.32 Å². The molecule has 9 heteroatoms. The van der Waals surface area contributed by atoms with E-state index in [0.717, 1.165) is 6.07 Å². The summed E-state index contributed by atoms with van der Waals surface area (Å²) in [6, 6.07) is 1.53. The first-order valence-electron chi connectivity index (χ1n) is 6.22. The molecule has 0 aliphatic rings. The molecule has 0 aromatic carbocycles. The van der Waals surface area contributed by atoms with E-state index in [1.807, 2.05) is 0 Å². The number of rotatable bonds is 3. The number of anilines is 1. The minimum absolute atomic E-state index is 0.0773. The van der Waals surface area contributed by atoms with Gasteiger partial charge >= 0.3 is 6.18 Å². The van der Waals surface area contributed by atoms with Crippen LogP contribution < -0.4 is 10.9 Å². The molecular formula is C13H12ClF3N4O. The molecule has 1 atom stereocenters. The van der Waals surface area contributed by atoms with Crippen LogP contribution in [0.1, 0.15) is 24.2 Å². The maximum Gasteiger partial charge on any atom is 0.433 e. The Morgan fingerprint density at radius 2 is 2.05 bits per heavy atom. The summed E-state index contributed by atoms with van der Waals surface area (Å²) < 4.78 is 39.0. The topological polar surface area (TPSA) is 59.8 Å². The normalized spacial score (nSPS) is 13.0. The van der Waals surface area contributed by atoms with Crippen molar-refractivity contribution >= 4 is 17.4 Å². The van der Waals surface area contributed by atoms with Crippen LogP contribution in [0.3, 0.4) is 0 Å². The van der Waals surface area contributed by atoms with Gasteiger partial charge in [0.25, 0.3) is 5.56 Å². The van der Waals surface area contributed by atoms with Crippen LogP contribution in [0.2, 0.25) is 5.15 Å². The van der Waals surface area contributed by atoms with Crippen molar-refractivity contribution in [2.45, 2.75) is 19.1 Å². The molecule has 0 saturated carbocycles. The molecule has 2 rings (SSSR count). The molecule has 0 bridgehead atoms. The van der Waals surface area contributed by atoms with Crippen molar-refractivity contribution in [1.82, 2.24) is 14.5 Å². The van der Waals surface area contributed by atoms with Gasteiger partial charge in [0.2, 0.25) is 0 Å². The van der Waals surface area contributed by atoms with Gasteiger partial charge in [-0.05, 0) is 13.0 Å². The molecule has 2 aromatic heterocycles. The molecule has 1 unspecified atom stereocenters. The molecule has 22 heavy (non-hydrogen) atoms. The monoisotopic (exact) mass is 332 g/mol. The van der Waals surface area contributed by atoms with Gasteiger partial charge in [0.05, 0.1) is 6.04 Å². The number of hydrogen-bond donors (Lipinski definition) is 1. The summed E-state index contributed by atoms with van der Waals surface area (Å²) in [5.74, 6) is 0.0773. The Morgan fingerprint density at radius 1 is 1.36 bits per heavy atom. The predicted octanol–water partition coefficient (Wildman–Crippen LogP) is 3.02. The highest BCUT2D eigenvalue weighted by Crippen LogP contribution is 2.31. The third-order valence-electron chi connectivity index (χ3n) is 3.00. The third kappa shape index (κ3) is 3.38. The van der Waals surface area contributed by atoms with Gasteiger partial charge in [-0.15, -0.1) is 0 Å². The van der Waals surface area contributed by atoms with E-state index < -0.39 is 17.9 Å². The minimum atomic E-state index is -4.56. The molecule has 0 spiro atoms. The van der Waals surface area contributed by atoms with Crippen molar-refractivity contribution in [3.63, 3.8) is 0 Å². The molecule has 0 saturated heterocycles. The molecule has 5 nitrogen and oxygen atoms in total. The van der Waals surface area contributed by atoms with Gasteiger partial charge < -0.3 is 9.88 Å².